The second-order valence-corrected chi connectivity index (χ2v) is 3.62. The molecule has 1 heterocycles. The standard InChI is InChI=1S/C9H15NO/c1-8(2)4-10-5-9(3)6-11-7-9/h4H,1,5-7H2,2-3H3. The summed E-state index contributed by atoms with van der Waals surface area (Å²) in [7, 11) is 0. The van der Waals surface area contributed by atoms with Gasteiger partial charge in [0, 0.05) is 18.2 Å². The zero-order valence-corrected chi connectivity index (χ0v) is 7.26. The Morgan fingerprint density at radius 3 is 2.73 bits per heavy atom. The Labute approximate surface area is 68.0 Å². The van der Waals surface area contributed by atoms with Crippen molar-refractivity contribution < 1.29 is 4.74 Å². The van der Waals surface area contributed by atoms with Crippen LogP contribution in [0.4, 0.5) is 0 Å². The molecule has 0 amide bonds. The third-order valence-corrected chi connectivity index (χ3v) is 1.69. The molecule has 1 fully saturated rings. The van der Waals surface area contributed by atoms with Crippen LogP contribution in [0.15, 0.2) is 17.1 Å². The minimum atomic E-state index is 0.298. The lowest BCUT2D eigenvalue weighted by atomic mass is 9.89. The number of allylic oxidation sites excluding steroid dienone is 1. The maximum atomic E-state index is 5.10. The summed E-state index contributed by atoms with van der Waals surface area (Å²) < 4.78 is 5.10. The van der Waals surface area contributed by atoms with E-state index in [1.807, 2.05) is 13.1 Å². The van der Waals surface area contributed by atoms with Crippen molar-refractivity contribution in [3.05, 3.63) is 12.2 Å². The molecule has 0 aromatic heterocycles. The first-order chi connectivity index (χ1) is 5.12. The van der Waals surface area contributed by atoms with Gasteiger partial charge in [-0.05, 0) is 12.5 Å². The Bertz CT molecular complexity index is 180. The molecule has 0 aromatic carbocycles. The summed E-state index contributed by atoms with van der Waals surface area (Å²) in [6.45, 7) is 10.4. The van der Waals surface area contributed by atoms with Gasteiger partial charge in [0.05, 0.1) is 13.2 Å². The molecule has 0 saturated carbocycles. The van der Waals surface area contributed by atoms with E-state index >= 15 is 0 Å². The fraction of sp³-hybridized carbons (Fsp3) is 0.667. The highest BCUT2D eigenvalue weighted by molar-refractivity contribution is 5.76. The van der Waals surface area contributed by atoms with E-state index in [4.69, 9.17) is 4.74 Å². The van der Waals surface area contributed by atoms with Crippen LogP contribution in [0.25, 0.3) is 0 Å². The summed E-state index contributed by atoms with van der Waals surface area (Å²) in [5.74, 6) is 0. The van der Waals surface area contributed by atoms with E-state index in [1.54, 1.807) is 0 Å². The van der Waals surface area contributed by atoms with Crippen molar-refractivity contribution in [3.8, 4) is 0 Å². The molecule has 0 spiro atoms. The van der Waals surface area contributed by atoms with Crippen LogP contribution in [-0.2, 0) is 4.74 Å². The molecule has 1 saturated heterocycles. The average Bonchev–Trinajstić information content (AvgIpc) is 1.83. The molecule has 0 atom stereocenters. The molecule has 1 aliphatic heterocycles. The lowest BCUT2D eigenvalue weighted by molar-refractivity contribution is -0.0944. The van der Waals surface area contributed by atoms with Crippen LogP contribution in [0, 0.1) is 5.41 Å². The van der Waals surface area contributed by atoms with Gasteiger partial charge in [0.25, 0.3) is 0 Å². The zero-order chi connectivity index (χ0) is 8.32. The highest BCUT2D eigenvalue weighted by atomic mass is 16.5. The predicted octanol–water partition coefficient (Wildman–Crippen LogP) is 1.67. The fourth-order valence-electron chi connectivity index (χ4n) is 0.964. The van der Waals surface area contributed by atoms with E-state index in [0.29, 0.717) is 5.41 Å². The Balaban J connectivity index is 2.26. The number of ether oxygens (including phenoxy) is 1. The smallest absolute Gasteiger partial charge is 0.0560 e. The van der Waals surface area contributed by atoms with E-state index in [0.717, 1.165) is 25.3 Å². The summed E-state index contributed by atoms with van der Waals surface area (Å²) in [6.07, 6.45) is 1.82. The van der Waals surface area contributed by atoms with E-state index in [-0.39, 0.29) is 0 Å². The van der Waals surface area contributed by atoms with Gasteiger partial charge < -0.3 is 4.74 Å². The first-order valence-corrected chi connectivity index (χ1v) is 3.85. The van der Waals surface area contributed by atoms with Crippen LogP contribution in [0.2, 0.25) is 0 Å². The van der Waals surface area contributed by atoms with Crippen molar-refractivity contribution in [3.63, 3.8) is 0 Å². The van der Waals surface area contributed by atoms with Crippen LogP contribution in [-0.4, -0.2) is 26.0 Å². The predicted molar refractivity (Wildman–Crippen MR) is 47.1 cm³/mol. The molecule has 1 rings (SSSR count). The lowest BCUT2D eigenvalue weighted by Crippen LogP contribution is -2.42. The van der Waals surface area contributed by atoms with E-state index in [2.05, 4.69) is 18.5 Å². The first kappa shape index (κ1) is 8.47. The van der Waals surface area contributed by atoms with Gasteiger partial charge in [0.1, 0.15) is 0 Å². The molecule has 62 valence electrons. The van der Waals surface area contributed by atoms with Gasteiger partial charge in [0.15, 0.2) is 0 Å². The number of rotatable bonds is 3. The Morgan fingerprint density at radius 2 is 2.36 bits per heavy atom. The van der Waals surface area contributed by atoms with Crippen LogP contribution >= 0.6 is 0 Å². The van der Waals surface area contributed by atoms with E-state index in [9.17, 15) is 0 Å². The van der Waals surface area contributed by atoms with E-state index in [1.165, 1.54) is 0 Å². The van der Waals surface area contributed by atoms with E-state index < -0.39 is 0 Å². The van der Waals surface area contributed by atoms with Crippen molar-refractivity contribution >= 4 is 6.21 Å². The lowest BCUT2D eigenvalue weighted by Gasteiger charge is -2.36. The quantitative estimate of drug-likeness (QED) is 0.565. The van der Waals surface area contributed by atoms with Crippen molar-refractivity contribution in [2.24, 2.45) is 10.4 Å². The molecule has 11 heavy (non-hydrogen) atoms. The minimum Gasteiger partial charge on any atom is -0.380 e. The highest BCUT2D eigenvalue weighted by Gasteiger charge is 2.32. The largest absolute Gasteiger partial charge is 0.380 e. The maximum Gasteiger partial charge on any atom is 0.0560 e. The molecule has 0 aliphatic carbocycles. The van der Waals surface area contributed by atoms with Crippen LogP contribution < -0.4 is 0 Å². The minimum absolute atomic E-state index is 0.298. The van der Waals surface area contributed by atoms with Gasteiger partial charge in [0.2, 0.25) is 0 Å². The molecule has 0 bridgehead atoms. The maximum absolute atomic E-state index is 5.10. The number of aliphatic imine (C=N–C) groups is 1. The van der Waals surface area contributed by atoms with Gasteiger partial charge in [-0.3, -0.25) is 4.99 Å². The molecular weight excluding hydrogens is 138 g/mol. The number of hydrogen-bond donors (Lipinski definition) is 0. The summed E-state index contributed by atoms with van der Waals surface area (Å²) in [6, 6.07) is 0. The topological polar surface area (TPSA) is 21.6 Å². The molecular formula is C9H15NO. The molecule has 1 aliphatic rings. The molecule has 0 N–H and O–H groups in total. The van der Waals surface area contributed by atoms with Crippen molar-refractivity contribution in [1.29, 1.82) is 0 Å². The van der Waals surface area contributed by atoms with Crippen molar-refractivity contribution in [1.82, 2.24) is 0 Å². The number of nitrogens with zero attached hydrogens (tertiary/aromatic N) is 1. The second kappa shape index (κ2) is 3.18. The molecule has 0 aromatic rings. The van der Waals surface area contributed by atoms with Gasteiger partial charge in [-0.1, -0.05) is 13.5 Å². The van der Waals surface area contributed by atoms with Gasteiger partial charge in [-0.15, -0.1) is 0 Å². The highest BCUT2D eigenvalue weighted by Crippen LogP contribution is 2.26. The summed E-state index contributed by atoms with van der Waals surface area (Å²) in [5, 5.41) is 0. The van der Waals surface area contributed by atoms with Gasteiger partial charge in [-0.2, -0.15) is 0 Å². The Kier molecular flexibility index (Phi) is 2.45. The van der Waals surface area contributed by atoms with Gasteiger partial charge >= 0.3 is 0 Å². The monoisotopic (exact) mass is 153 g/mol. The molecule has 2 nitrogen and oxygen atoms in total. The van der Waals surface area contributed by atoms with Crippen LogP contribution in [0.3, 0.4) is 0 Å². The normalized spacial score (nSPS) is 21.6. The number of hydrogen-bond acceptors (Lipinski definition) is 2. The summed E-state index contributed by atoms with van der Waals surface area (Å²) in [4.78, 5) is 4.26. The summed E-state index contributed by atoms with van der Waals surface area (Å²) in [5.41, 5.74) is 1.31. The SMILES string of the molecule is C=C(C)C=NCC1(C)COC1. The van der Waals surface area contributed by atoms with Gasteiger partial charge in [-0.25, -0.2) is 0 Å². The molecule has 2 heteroatoms. The fourth-order valence-corrected chi connectivity index (χ4v) is 0.964. The van der Waals surface area contributed by atoms with Crippen molar-refractivity contribution in [2.45, 2.75) is 13.8 Å². The first-order valence-electron chi connectivity index (χ1n) is 3.85. The van der Waals surface area contributed by atoms with Crippen LogP contribution in [0.5, 0.6) is 0 Å². The Hall–Kier alpha value is -0.630. The summed E-state index contributed by atoms with van der Waals surface area (Å²) >= 11 is 0. The van der Waals surface area contributed by atoms with Crippen LogP contribution in [0.1, 0.15) is 13.8 Å². The molecule has 0 unspecified atom stereocenters. The Morgan fingerprint density at radius 1 is 1.73 bits per heavy atom. The third-order valence-electron chi connectivity index (χ3n) is 1.69. The zero-order valence-electron chi connectivity index (χ0n) is 7.26. The average molecular weight is 153 g/mol. The van der Waals surface area contributed by atoms with Crippen molar-refractivity contribution in [2.75, 3.05) is 19.8 Å². The molecule has 0 radical (unpaired) electrons. The second-order valence-electron chi connectivity index (χ2n) is 3.62. The third kappa shape index (κ3) is 2.46.